The lowest BCUT2D eigenvalue weighted by atomic mass is 9.87. The summed E-state index contributed by atoms with van der Waals surface area (Å²) < 4.78 is 67.0. The van der Waals surface area contributed by atoms with Crippen LogP contribution in [0.15, 0.2) is 42.5 Å². The molecule has 2 aromatic rings. The number of alkyl halides is 3. The van der Waals surface area contributed by atoms with Crippen LogP contribution in [-0.4, -0.2) is 29.9 Å². The van der Waals surface area contributed by atoms with E-state index in [9.17, 15) is 26.7 Å². The predicted octanol–water partition coefficient (Wildman–Crippen LogP) is 4.37. The number of carbonyl (C=O) groups is 1. The van der Waals surface area contributed by atoms with E-state index >= 15 is 0 Å². The van der Waals surface area contributed by atoms with Crippen LogP contribution in [0.2, 0.25) is 0 Å². The van der Waals surface area contributed by atoms with Crippen molar-refractivity contribution in [2.75, 3.05) is 11.9 Å². The van der Waals surface area contributed by atoms with Gasteiger partial charge in [0.25, 0.3) is 0 Å². The molecule has 1 aliphatic heterocycles. The van der Waals surface area contributed by atoms with Crippen LogP contribution in [0, 0.1) is 17.0 Å². The first-order valence-corrected chi connectivity index (χ1v) is 8.30. The largest absolute Gasteiger partial charge is 0.416 e. The Kier molecular flexibility index (Phi) is 4.86. The zero-order chi connectivity index (χ0) is 20.8. The molecule has 1 fully saturated rings. The molecule has 2 atom stereocenters. The summed E-state index contributed by atoms with van der Waals surface area (Å²) in [6.07, 6.45) is -4.53. The molecule has 1 amide bonds. The third kappa shape index (κ3) is 3.21. The van der Waals surface area contributed by atoms with E-state index in [0.717, 1.165) is 34.1 Å². The highest BCUT2D eigenvalue weighted by atomic mass is 19.4. The molecule has 28 heavy (non-hydrogen) atoms. The van der Waals surface area contributed by atoms with Gasteiger partial charge >= 0.3 is 6.18 Å². The van der Waals surface area contributed by atoms with E-state index in [1.807, 2.05) is 0 Å². The Hall–Kier alpha value is -2.97. The number of para-hydroxylation sites is 1. The summed E-state index contributed by atoms with van der Waals surface area (Å²) in [4.78, 5) is 14.7. The quantitative estimate of drug-likeness (QED) is 0.765. The van der Waals surface area contributed by atoms with Crippen LogP contribution in [0.25, 0.3) is 0 Å². The van der Waals surface area contributed by atoms with E-state index in [1.54, 1.807) is 0 Å². The van der Waals surface area contributed by atoms with Gasteiger partial charge in [-0.25, -0.2) is 8.78 Å². The van der Waals surface area contributed by atoms with Crippen molar-refractivity contribution in [2.45, 2.75) is 25.1 Å². The Morgan fingerprint density at radius 2 is 1.54 bits per heavy atom. The number of nitrogens with zero attached hydrogens (tertiary/aromatic N) is 2. The molecular formula is C19H16F5N3O. The monoisotopic (exact) mass is 397 g/mol. The Labute approximate surface area is 157 Å². The standard InChI is InChI=1S/C19H16F5N3O/c1-10-15(11-6-8-12(9-7-11)19(22,23)24)17(28)26(2)18(25)27(10)16-13(20)4-3-5-14(16)21/h3-10,15,25H,1-2H3/t10-,15-/m0/s1. The zero-order valence-corrected chi connectivity index (χ0v) is 14.9. The number of hydrogen-bond acceptors (Lipinski definition) is 2. The van der Waals surface area contributed by atoms with Gasteiger partial charge in [-0.2, -0.15) is 13.2 Å². The van der Waals surface area contributed by atoms with Crippen LogP contribution in [-0.2, 0) is 11.0 Å². The summed E-state index contributed by atoms with van der Waals surface area (Å²) in [6.45, 7) is 1.49. The summed E-state index contributed by atoms with van der Waals surface area (Å²) in [7, 11) is 1.28. The first-order valence-electron chi connectivity index (χ1n) is 8.30. The average molecular weight is 397 g/mol. The van der Waals surface area contributed by atoms with Gasteiger partial charge < -0.3 is 4.90 Å². The van der Waals surface area contributed by atoms with Gasteiger partial charge in [0.05, 0.1) is 17.5 Å². The second-order valence-electron chi connectivity index (χ2n) is 6.50. The highest BCUT2D eigenvalue weighted by molar-refractivity contribution is 6.09. The fraction of sp³-hybridized carbons (Fsp3) is 0.263. The summed E-state index contributed by atoms with van der Waals surface area (Å²) in [5.41, 5.74) is -1.10. The molecule has 148 valence electrons. The molecule has 3 rings (SSSR count). The number of nitrogens with one attached hydrogen (secondary N) is 1. The maximum Gasteiger partial charge on any atom is 0.416 e. The fourth-order valence-electron chi connectivity index (χ4n) is 3.35. The summed E-state index contributed by atoms with van der Waals surface area (Å²) in [6, 6.07) is 6.37. The van der Waals surface area contributed by atoms with Gasteiger partial charge in [-0.1, -0.05) is 18.2 Å². The third-order valence-electron chi connectivity index (χ3n) is 4.81. The van der Waals surface area contributed by atoms with Crippen LogP contribution in [0.3, 0.4) is 0 Å². The second kappa shape index (κ2) is 6.88. The lowest BCUT2D eigenvalue weighted by Gasteiger charge is -2.44. The summed E-state index contributed by atoms with van der Waals surface area (Å²) in [5.74, 6) is -3.81. The number of hydrogen-bond donors (Lipinski definition) is 1. The van der Waals surface area contributed by atoms with Crippen molar-refractivity contribution in [3.8, 4) is 0 Å². The van der Waals surface area contributed by atoms with Crippen molar-refractivity contribution in [3.05, 3.63) is 65.2 Å². The summed E-state index contributed by atoms with van der Waals surface area (Å²) >= 11 is 0. The van der Waals surface area contributed by atoms with Crippen LogP contribution in [0.1, 0.15) is 24.0 Å². The molecule has 9 heteroatoms. The van der Waals surface area contributed by atoms with Crippen LogP contribution >= 0.6 is 0 Å². The van der Waals surface area contributed by atoms with Gasteiger partial charge in [0.1, 0.15) is 17.3 Å². The Balaban J connectivity index is 2.07. The van der Waals surface area contributed by atoms with Crippen molar-refractivity contribution in [1.82, 2.24) is 4.90 Å². The molecule has 4 nitrogen and oxygen atoms in total. The highest BCUT2D eigenvalue weighted by Gasteiger charge is 2.44. The van der Waals surface area contributed by atoms with Crippen molar-refractivity contribution in [3.63, 3.8) is 0 Å². The molecule has 0 radical (unpaired) electrons. The van der Waals surface area contributed by atoms with E-state index in [1.165, 1.54) is 32.2 Å². The third-order valence-corrected chi connectivity index (χ3v) is 4.81. The van der Waals surface area contributed by atoms with Crippen molar-refractivity contribution < 1.29 is 26.7 Å². The Morgan fingerprint density at radius 1 is 1.00 bits per heavy atom. The van der Waals surface area contributed by atoms with Crippen LogP contribution < -0.4 is 4.90 Å². The fourth-order valence-corrected chi connectivity index (χ4v) is 3.35. The zero-order valence-electron chi connectivity index (χ0n) is 14.9. The van der Waals surface area contributed by atoms with Crippen molar-refractivity contribution in [2.24, 2.45) is 0 Å². The number of halogens is 5. The predicted molar refractivity (Wildman–Crippen MR) is 93.0 cm³/mol. The maximum absolute atomic E-state index is 14.3. The Morgan fingerprint density at radius 3 is 2.04 bits per heavy atom. The van der Waals surface area contributed by atoms with E-state index in [2.05, 4.69) is 0 Å². The molecule has 1 aliphatic rings. The molecule has 0 unspecified atom stereocenters. The second-order valence-corrected chi connectivity index (χ2v) is 6.50. The molecule has 1 N–H and O–H groups in total. The molecule has 0 spiro atoms. The van der Waals surface area contributed by atoms with Crippen LogP contribution in [0.5, 0.6) is 0 Å². The lowest BCUT2D eigenvalue weighted by Crippen LogP contribution is -2.59. The SMILES string of the molecule is C[C@H]1[C@@H](c2ccc(C(F)(F)F)cc2)C(=O)N(C)C(=N)N1c1c(F)cccc1F. The summed E-state index contributed by atoms with van der Waals surface area (Å²) in [5, 5.41) is 8.16. The topological polar surface area (TPSA) is 47.4 Å². The molecule has 0 saturated carbocycles. The van der Waals surface area contributed by atoms with Crippen LogP contribution in [0.4, 0.5) is 27.6 Å². The van der Waals surface area contributed by atoms with Gasteiger partial charge in [-0.3, -0.25) is 15.1 Å². The lowest BCUT2D eigenvalue weighted by molar-refractivity contribution is -0.137. The minimum atomic E-state index is -4.53. The van der Waals surface area contributed by atoms with Gasteiger partial charge in [-0.15, -0.1) is 0 Å². The molecule has 0 aliphatic carbocycles. The molecule has 0 bridgehead atoms. The minimum absolute atomic E-state index is 0.256. The number of rotatable bonds is 2. The Bertz CT molecular complexity index is 906. The highest BCUT2D eigenvalue weighted by Crippen LogP contribution is 2.37. The molecule has 0 aromatic heterocycles. The van der Waals surface area contributed by atoms with E-state index in [0.29, 0.717) is 0 Å². The van der Waals surface area contributed by atoms with Crippen molar-refractivity contribution >= 4 is 17.6 Å². The minimum Gasteiger partial charge on any atom is -0.303 e. The number of guanidine groups is 1. The first kappa shape index (κ1) is 19.8. The molecular weight excluding hydrogens is 381 g/mol. The number of amides is 1. The normalized spacial score (nSPS) is 20.7. The van der Waals surface area contributed by atoms with Gasteiger partial charge in [0, 0.05) is 7.05 Å². The van der Waals surface area contributed by atoms with Gasteiger partial charge in [0.2, 0.25) is 11.9 Å². The number of anilines is 1. The maximum atomic E-state index is 14.3. The van der Waals surface area contributed by atoms with E-state index in [-0.39, 0.29) is 5.56 Å². The first-order chi connectivity index (χ1) is 13.0. The molecule has 1 heterocycles. The van der Waals surface area contributed by atoms with Crippen molar-refractivity contribution in [1.29, 1.82) is 5.41 Å². The van der Waals surface area contributed by atoms with E-state index < -0.39 is 52.9 Å². The smallest absolute Gasteiger partial charge is 0.303 e. The van der Waals surface area contributed by atoms with Gasteiger partial charge in [-0.05, 0) is 36.8 Å². The molecule has 2 aromatic carbocycles. The number of benzene rings is 2. The van der Waals surface area contributed by atoms with E-state index in [4.69, 9.17) is 5.41 Å². The van der Waals surface area contributed by atoms with Gasteiger partial charge in [0.15, 0.2) is 0 Å². The molecule has 1 saturated heterocycles. The number of likely N-dealkylation sites (N-methyl/N-ethyl adjacent to an activating group) is 1. The average Bonchev–Trinajstić information content (AvgIpc) is 2.62. The number of carbonyl (C=O) groups excluding carboxylic acids is 1.